The minimum absolute atomic E-state index is 0.0876. The highest BCUT2D eigenvalue weighted by atomic mass is 35.5. The number of aliphatic carboxylic acids is 1. The number of carboxylic acids is 1. The van der Waals surface area contributed by atoms with Crippen molar-refractivity contribution < 1.29 is 19.8 Å². The lowest BCUT2D eigenvalue weighted by molar-refractivity contribution is -0.136. The number of nitrogens with zero attached hydrogens (tertiary/aromatic N) is 1. The van der Waals surface area contributed by atoms with Crippen molar-refractivity contribution in [3.8, 4) is 0 Å². The van der Waals surface area contributed by atoms with Gasteiger partial charge in [0.05, 0.1) is 29.1 Å². The van der Waals surface area contributed by atoms with Gasteiger partial charge in [-0.15, -0.1) is 0 Å². The van der Waals surface area contributed by atoms with Crippen LogP contribution in [0.5, 0.6) is 0 Å². The van der Waals surface area contributed by atoms with Crippen molar-refractivity contribution in [3.63, 3.8) is 0 Å². The van der Waals surface area contributed by atoms with Crippen molar-refractivity contribution in [2.24, 2.45) is 7.05 Å². The van der Waals surface area contributed by atoms with Gasteiger partial charge in [0.25, 0.3) is 5.91 Å². The molecule has 8 heteroatoms. The van der Waals surface area contributed by atoms with E-state index >= 15 is 0 Å². The van der Waals surface area contributed by atoms with Crippen molar-refractivity contribution in [2.45, 2.75) is 12.5 Å². The van der Waals surface area contributed by atoms with Crippen LogP contribution in [0.15, 0.2) is 42.5 Å². The lowest BCUT2D eigenvalue weighted by atomic mass is 10.0. The van der Waals surface area contributed by atoms with E-state index in [4.69, 9.17) is 28.3 Å². The first-order chi connectivity index (χ1) is 13.3. The second-order valence-electron chi connectivity index (χ2n) is 6.40. The molecule has 1 unspecified atom stereocenters. The quantitative estimate of drug-likeness (QED) is 0.568. The number of carbonyl (C=O) groups excluding carboxylic acids is 1. The van der Waals surface area contributed by atoms with Gasteiger partial charge in [-0.05, 0) is 29.3 Å². The van der Waals surface area contributed by atoms with E-state index in [0.717, 1.165) is 5.52 Å². The molecule has 146 valence electrons. The number of aromatic nitrogens is 1. The molecule has 3 N–H and O–H groups in total. The molecule has 2 aromatic carbocycles. The molecule has 3 rings (SSSR count). The molecule has 28 heavy (non-hydrogen) atoms. The van der Waals surface area contributed by atoms with Crippen LogP contribution in [0, 0.1) is 0 Å². The Morgan fingerprint density at radius 2 is 1.82 bits per heavy atom. The van der Waals surface area contributed by atoms with E-state index in [1.807, 2.05) is 0 Å². The zero-order valence-electron chi connectivity index (χ0n) is 14.9. The summed E-state index contributed by atoms with van der Waals surface area (Å²) in [5.74, 6) is -1.30. The Bertz CT molecular complexity index is 1040. The Kier molecular flexibility index (Phi) is 5.93. The van der Waals surface area contributed by atoms with Crippen molar-refractivity contribution in [2.75, 3.05) is 6.61 Å². The Labute approximate surface area is 171 Å². The second-order valence-corrected chi connectivity index (χ2v) is 7.19. The molecule has 0 aliphatic carbocycles. The first-order valence-corrected chi connectivity index (χ1v) is 9.23. The van der Waals surface area contributed by atoms with Crippen LogP contribution in [0.25, 0.3) is 10.9 Å². The molecule has 0 aliphatic heterocycles. The number of carbonyl (C=O) groups is 2. The van der Waals surface area contributed by atoms with Crippen molar-refractivity contribution >= 4 is 46.0 Å². The van der Waals surface area contributed by atoms with Gasteiger partial charge in [0.1, 0.15) is 5.69 Å². The Morgan fingerprint density at radius 1 is 1.14 bits per heavy atom. The molecule has 0 aliphatic rings. The van der Waals surface area contributed by atoms with Crippen LogP contribution in [0.1, 0.15) is 27.7 Å². The summed E-state index contributed by atoms with van der Waals surface area (Å²) in [5.41, 5.74) is 2.45. The number of aryl methyl sites for hydroxylation is 1. The average molecular weight is 421 g/mol. The Hall–Kier alpha value is -2.54. The zero-order chi connectivity index (χ0) is 20.4. The summed E-state index contributed by atoms with van der Waals surface area (Å²) in [7, 11) is 1.75. The first-order valence-electron chi connectivity index (χ1n) is 8.47. The molecular weight excluding hydrogens is 403 g/mol. The number of aliphatic hydroxyl groups excluding tert-OH is 1. The van der Waals surface area contributed by atoms with Crippen molar-refractivity contribution in [1.29, 1.82) is 0 Å². The maximum absolute atomic E-state index is 12.8. The van der Waals surface area contributed by atoms with E-state index in [9.17, 15) is 14.7 Å². The molecule has 0 saturated carbocycles. The highest BCUT2D eigenvalue weighted by Crippen LogP contribution is 2.32. The molecule has 0 radical (unpaired) electrons. The third kappa shape index (κ3) is 3.99. The molecule has 6 nitrogen and oxygen atoms in total. The predicted octanol–water partition coefficient (Wildman–Crippen LogP) is 3.58. The van der Waals surface area contributed by atoms with E-state index in [-0.39, 0.29) is 18.9 Å². The van der Waals surface area contributed by atoms with Gasteiger partial charge in [0.2, 0.25) is 0 Å². The fourth-order valence-corrected chi connectivity index (χ4v) is 3.46. The standard InChI is InChI=1S/C20H18Cl2N2O4/c1-24-16-7-6-14(21)19(22)13(16)9-17(24)20(28)23-15(10-25)12-4-2-11(3-5-12)8-18(26)27/h2-7,9,15,25H,8,10H2,1H3,(H,23,28)(H,26,27). The lowest BCUT2D eigenvalue weighted by Gasteiger charge is -2.17. The number of hydrogen-bond donors (Lipinski definition) is 3. The molecular formula is C20H18Cl2N2O4. The molecule has 0 saturated heterocycles. The van der Waals surface area contributed by atoms with Gasteiger partial charge in [-0.1, -0.05) is 47.5 Å². The largest absolute Gasteiger partial charge is 0.481 e. The molecule has 3 aromatic rings. The van der Waals surface area contributed by atoms with Gasteiger partial charge in [0.15, 0.2) is 0 Å². The lowest BCUT2D eigenvalue weighted by Crippen LogP contribution is -2.32. The number of amides is 1. The van der Waals surface area contributed by atoms with Crippen LogP contribution in [-0.4, -0.2) is 33.3 Å². The van der Waals surface area contributed by atoms with Crippen LogP contribution in [0.3, 0.4) is 0 Å². The fourth-order valence-electron chi connectivity index (χ4n) is 3.08. The number of halogens is 2. The summed E-state index contributed by atoms with van der Waals surface area (Å²) in [6.45, 7) is -0.305. The van der Waals surface area contributed by atoms with Gasteiger partial charge in [-0.3, -0.25) is 9.59 Å². The van der Waals surface area contributed by atoms with Crippen LogP contribution in [-0.2, 0) is 18.3 Å². The number of benzene rings is 2. The molecule has 0 spiro atoms. The summed E-state index contributed by atoms with van der Waals surface area (Å²) < 4.78 is 1.71. The fraction of sp³-hybridized carbons (Fsp3) is 0.200. The highest BCUT2D eigenvalue weighted by Gasteiger charge is 2.20. The number of aliphatic hydroxyl groups is 1. The van der Waals surface area contributed by atoms with E-state index in [1.54, 1.807) is 54.1 Å². The maximum atomic E-state index is 12.8. The van der Waals surface area contributed by atoms with Crippen molar-refractivity contribution in [1.82, 2.24) is 9.88 Å². The van der Waals surface area contributed by atoms with Crippen LogP contribution in [0.4, 0.5) is 0 Å². The topological polar surface area (TPSA) is 91.6 Å². The van der Waals surface area contributed by atoms with E-state index in [2.05, 4.69) is 5.32 Å². The summed E-state index contributed by atoms with van der Waals surface area (Å²) in [6.07, 6.45) is -0.0876. The average Bonchev–Trinajstić information content (AvgIpc) is 3.00. The third-order valence-corrected chi connectivity index (χ3v) is 5.39. The number of fused-ring (bicyclic) bond motifs is 1. The van der Waals surface area contributed by atoms with Gasteiger partial charge in [-0.25, -0.2) is 0 Å². The summed E-state index contributed by atoms with van der Waals surface area (Å²) in [5, 5.41) is 22.8. The predicted molar refractivity (Wildman–Crippen MR) is 108 cm³/mol. The van der Waals surface area contributed by atoms with E-state index in [0.29, 0.717) is 32.3 Å². The highest BCUT2D eigenvalue weighted by molar-refractivity contribution is 6.45. The van der Waals surface area contributed by atoms with Gasteiger partial charge in [-0.2, -0.15) is 0 Å². The molecule has 1 atom stereocenters. The number of hydrogen-bond acceptors (Lipinski definition) is 3. The maximum Gasteiger partial charge on any atom is 0.307 e. The van der Waals surface area contributed by atoms with E-state index < -0.39 is 12.0 Å². The van der Waals surface area contributed by atoms with Crippen molar-refractivity contribution in [3.05, 3.63) is 69.3 Å². The Morgan fingerprint density at radius 3 is 2.43 bits per heavy atom. The first kappa shape index (κ1) is 20.2. The smallest absolute Gasteiger partial charge is 0.307 e. The molecule has 0 fully saturated rings. The number of carboxylic acid groups (broad SMARTS) is 1. The van der Waals surface area contributed by atoms with E-state index in [1.165, 1.54) is 0 Å². The SMILES string of the molecule is Cn1c(C(=O)NC(CO)c2ccc(CC(=O)O)cc2)cc2c(Cl)c(Cl)ccc21. The van der Waals surface area contributed by atoms with Crippen LogP contribution in [0.2, 0.25) is 10.0 Å². The Balaban J connectivity index is 1.84. The normalized spacial score (nSPS) is 12.1. The molecule has 1 heterocycles. The zero-order valence-corrected chi connectivity index (χ0v) is 16.5. The second kappa shape index (κ2) is 8.22. The number of nitrogens with one attached hydrogen (secondary N) is 1. The minimum atomic E-state index is -0.922. The summed E-state index contributed by atoms with van der Waals surface area (Å²) in [6, 6.07) is 11.2. The van der Waals surface area contributed by atoms with Gasteiger partial charge in [0, 0.05) is 18.0 Å². The summed E-state index contributed by atoms with van der Waals surface area (Å²) >= 11 is 12.3. The molecule has 1 aromatic heterocycles. The summed E-state index contributed by atoms with van der Waals surface area (Å²) in [4.78, 5) is 23.6. The number of rotatable bonds is 6. The van der Waals surface area contributed by atoms with Crippen LogP contribution < -0.4 is 5.32 Å². The minimum Gasteiger partial charge on any atom is -0.481 e. The molecule has 1 amide bonds. The third-order valence-electron chi connectivity index (χ3n) is 4.57. The monoisotopic (exact) mass is 420 g/mol. The molecule has 0 bridgehead atoms. The van der Waals surface area contributed by atoms with Gasteiger partial charge < -0.3 is 20.1 Å². The van der Waals surface area contributed by atoms with Crippen LogP contribution >= 0.6 is 23.2 Å². The van der Waals surface area contributed by atoms with Gasteiger partial charge >= 0.3 is 5.97 Å².